The lowest BCUT2D eigenvalue weighted by Gasteiger charge is -2.29. The Bertz CT molecular complexity index is 985. The van der Waals surface area contributed by atoms with Crippen LogP contribution in [0.25, 0.3) is 10.2 Å². The molecule has 1 aliphatic heterocycles. The molecule has 28 heavy (non-hydrogen) atoms. The molecular formula is C21H22FN3O2S. The fourth-order valence-electron chi connectivity index (χ4n) is 3.26. The van der Waals surface area contributed by atoms with Gasteiger partial charge in [-0.15, -0.1) is 0 Å². The number of carbonyl (C=O) groups is 1. The van der Waals surface area contributed by atoms with Gasteiger partial charge in [0.05, 0.1) is 23.4 Å². The number of anilines is 1. The summed E-state index contributed by atoms with van der Waals surface area (Å²) < 4.78 is 20.1. The first-order chi connectivity index (χ1) is 13.6. The van der Waals surface area contributed by atoms with Gasteiger partial charge in [-0.05, 0) is 42.8 Å². The van der Waals surface area contributed by atoms with Crippen molar-refractivity contribution in [2.75, 3.05) is 44.3 Å². The number of amides is 1. The molecule has 2 heterocycles. The van der Waals surface area contributed by atoms with Crippen LogP contribution in [0.15, 0.2) is 42.5 Å². The van der Waals surface area contributed by atoms with Gasteiger partial charge in [0.15, 0.2) is 5.13 Å². The number of nitrogens with zero attached hydrogens (tertiary/aromatic N) is 3. The predicted molar refractivity (Wildman–Crippen MR) is 110 cm³/mol. The number of hydrogen-bond acceptors (Lipinski definition) is 5. The minimum atomic E-state index is -0.418. The fraction of sp³-hybridized carbons (Fsp3) is 0.333. The third kappa shape index (κ3) is 4.22. The van der Waals surface area contributed by atoms with E-state index in [1.54, 1.807) is 17.0 Å². The Kier molecular flexibility index (Phi) is 5.66. The number of halogens is 1. The number of aryl methyl sites for hydroxylation is 1. The lowest BCUT2D eigenvalue weighted by Crippen LogP contribution is -2.43. The molecule has 0 bridgehead atoms. The van der Waals surface area contributed by atoms with Crippen LogP contribution in [-0.2, 0) is 4.74 Å². The zero-order valence-electron chi connectivity index (χ0n) is 15.7. The summed E-state index contributed by atoms with van der Waals surface area (Å²) in [6.45, 7) is 6.36. The van der Waals surface area contributed by atoms with Crippen molar-refractivity contribution in [2.24, 2.45) is 0 Å². The molecule has 0 atom stereocenters. The predicted octanol–water partition coefficient (Wildman–Crippen LogP) is 3.72. The number of ether oxygens (including phenoxy) is 1. The maximum Gasteiger partial charge on any atom is 0.260 e. The van der Waals surface area contributed by atoms with Crippen molar-refractivity contribution in [3.8, 4) is 0 Å². The average molecular weight is 399 g/mol. The lowest BCUT2D eigenvalue weighted by molar-refractivity contribution is 0.0391. The molecule has 1 amide bonds. The van der Waals surface area contributed by atoms with E-state index in [9.17, 15) is 9.18 Å². The van der Waals surface area contributed by atoms with Gasteiger partial charge in [0.2, 0.25) is 0 Å². The van der Waals surface area contributed by atoms with E-state index in [4.69, 9.17) is 4.74 Å². The molecule has 0 saturated carbocycles. The van der Waals surface area contributed by atoms with Crippen LogP contribution >= 0.6 is 11.3 Å². The molecule has 7 heteroatoms. The molecule has 2 aromatic carbocycles. The van der Waals surface area contributed by atoms with Gasteiger partial charge in [-0.25, -0.2) is 9.37 Å². The molecule has 0 N–H and O–H groups in total. The molecule has 1 aromatic heterocycles. The van der Waals surface area contributed by atoms with Gasteiger partial charge < -0.3 is 4.74 Å². The second-order valence-corrected chi connectivity index (χ2v) is 7.90. The van der Waals surface area contributed by atoms with Crippen LogP contribution in [0.3, 0.4) is 0 Å². The number of fused-ring (bicyclic) bond motifs is 1. The molecule has 5 nitrogen and oxygen atoms in total. The van der Waals surface area contributed by atoms with Gasteiger partial charge in [-0.2, -0.15) is 0 Å². The van der Waals surface area contributed by atoms with Crippen molar-refractivity contribution < 1.29 is 13.9 Å². The summed E-state index contributed by atoms with van der Waals surface area (Å²) in [5, 5.41) is 0.642. The highest BCUT2D eigenvalue weighted by molar-refractivity contribution is 7.22. The summed E-state index contributed by atoms with van der Waals surface area (Å²) in [4.78, 5) is 21.8. The van der Waals surface area contributed by atoms with Crippen LogP contribution in [0, 0.1) is 12.7 Å². The van der Waals surface area contributed by atoms with E-state index in [2.05, 4.69) is 16.0 Å². The summed E-state index contributed by atoms with van der Waals surface area (Å²) in [6.07, 6.45) is 0. The highest BCUT2D eigenvalue weighted by atomic mass is 32.1. The third-order valence-electron chi connectivity index (χ3n) is 4.82. The number of thiazole rings is 1. The molecule has 0 radical (unpaired) electrons. The first-order valence-corrected chi connectivity index (χ1v) is 10.2. The van der Waals surface area contributed by atoms with Gasteiger partial charge in [-0.3, -0.25) is 14.6 Å². The molecule has 1 saturated heterocycles. The second-order valence-electron chi connectivity index (χ2n) is 6.89. The van der Waals surface area contributed by atoms with Crippen LogP contribution in [0.2, 0.25) is 0 Å². The van der Waals surface area contributed by atoms with Gasteiger partial charge in [-0.1, -0.05) is 23.5 Å². The van der Waals surface area contributed by atoms with Crippen LogP contribution in [-0.4, -0.2) is 55.2 Å². The van der Waals surface area contributed by atoms with Crippen molar-refractivity contribution >= 4 is 32.6 Å². The Morgan fingerprint density at radius 3 is 2.86 bits per heavy atom. The highest BCUT2D eigenvalue weighted by Crippen LogP contribution is 2.30. The highest BCUT2D eigenvalue weighted by Gasteiger charge is 2.23. The number of carbonyl (C=O) groups excluding carboxylic acids is 1. The summed E-state index contributed by atoms with van der Waals surface area (Å²) in [5.74, 6) is -0.651. The summed E-state index contributed by atoms with van der Waals surface area (Å²) in [5.41, 5.74) is 2.35. The minimum Gasteiger partial charge on any atom is -0.379 e. The number of aromatic nitrogens is 1. The summed E-state index contributed by atoms with van der Waals surface area (Å²) in [6, 6.07) is 11.9. The van der Waals surface area contributed by atoms with Crippen molar-refractivity contribution in [3.63, 3.8) is 0 Å². The molecule has 1 aliphatic rings. The van der Waals surface area contributed by atoms with Crippen LogP contribution in [0.5, 0.6) is 0 Å². The average Bonchev–Trinajstić information content (AvgIpc) is 3.11. The monoisotopic (exact) mass is 399 g/mol. The van der Waals surface area contributed by atoms with Crippen LogP contribution in [0.1, 0.15) is 15.9 Å². The maximum atomic E-state index is 13.7. The number of rotatable bonds is 5. The second kappa shape index (κ2) is 8.34. The normalized spacial score (nSPS) is 15.1. The number of hydrogen-bond donors (Lipinski definition) is 0. The maximum absolute atomic E-state index is 13.7. The summed E-state index contributed by atoms with van der Waals surface area (Å²) in [7, 11) is 0. The molecule has 3 aromatic rings. The van der Waals surface area contributed by atoms with E-state index in [-0.39, 0.29) is 5.91 Å². The summed E-state index contributed by atoms with van der Waals surface area (Å²) >= 11 is 1.49. The van der Waals surface area contributed by atoms with Crippen molar-refractivity contribution in [1.29, 1.82) is 0 Å². The lowest BCUT2D eigenvalue weighted by atomic mass is 10.2. The zero-order valence-corrected chi connectivity index (χ0v) is 16.5. The standard InChI is InChI=1S/C21H22FN3O2S/c1-15-5-6-18-19(13-15)28-21(23-18)25(8-7-24-9-11-27-12-10-24)20(26)16-3-2-4-17(22)14-16/h2-6,13-14H,7-12H2,1H3. The molecule has 0 aliphatic carbocycles. The number of benzene rings is 2. The smallest absolute Gasteiger partial charge is 0.260 e. The third-order valence-corrected chi connectivity index (χ3v) is 5.86. The van der Waals surface area contributed by atoms with Crippen molar-refractivity contribution in [2.45, 2.75) is 6.92 Å². The zero-order chi connectivity index (χ0) is 19.5. The topological polar surface area (TPSA) is 45.7 Å². The Morgan fingerprint density at radius 2 is 2.07 bits per heavy atom. The Labute approximate surface area is 167 Å². The van der Waals surface area contributed by atoms with Crippen molar-refractivity contribution in [1.82, 2.24) is 9.88 Å². The Morgan fingerprint density at radius 1 is 1.25 bits per heavy atom. The molecule has 0 unspecified atom stereocenters. The van der Waals surface area contributed by atoms with E-state index in [0.717, 1.165) is 35.4 Å². The van der Waals surface area contributed by atoms with Gasteiger partial charge in [0, 0.05) is 31.7 Å². The fourth-order valence-corrected chi connectivity index (χ4v) is 4.35. The first-order valence-electron chi connectivity index (χ1n) is 9.35. The Hall–Kier alpha value is -2.35. The molecule has 1 fully saturated rings. The van der Waals surface area contributed by atoms with Crippen LogP contribution < -0.4 is 4.90 Å². The van der Waals surface area contributed by atoms with Gasteiger partial charge in [0.1, 0.15) is 5.82 Å². The molecular weight excluding hydrogens is 377 g/mol. The minimum absolute atomic E-state index is 0.233. The molecule has 146 valence electrons. The molecule has 0 spiro atoms. The quantitative estimate of drug-likeness (QED) is 0.656. The number of morpholine rings is 1. The van der Waals surface area contributed by atoms with E-state index in [1.807, 2.05) is 19.1 Å². The Balaban J connectivity index is 1.63. The largest absolute Gasteiger partial charge is 0.379 e. The SMILES string of the molecule is Cc1ccc2nc(N(CCN3CCOCC3)C(=O)c3cccc(F)c3)sc2c1. The van der Waals surface area contributed by atoms with E-state index < -0.39 is 5.82 Å². The van der Waals surface area contributed by atoms with E-state index >= 15 is 0 Å². The van der Waals surface area contributed by atoms with Gasteiger partial charge >= 0.3 is 0 Å². The first kappa shape index (κ1) is 19.0. The van der Waals surface area contributed by atoms with Gasteiger partial charge in [0.25, 0.3) is 5.91 Å². The van der Waals surface area contributed by atoms with Crippen molar-refractivity contribution in [3.05, 3.63) is 59.4 Å². The molecule has 4 rings (SSSR count). The van der Waals surface area contributed by atoms with E-state index in [0.29, 0.717) is 30.5 Å². The van der Waals surface area contributed by atoms with Crippen LogP contribution in [0.4, 0.5) is 9.52 Å². The van der Waals surface area contributed by atoms with E-state index in [1.165, 1.54) is 23.5 Å².